The number of halogens is 1. The van der Waals surface area contributed by atoms with Gasteiger partial charge in [0.05, 0.1) is 29.8 Å². The van der Waals surface area contributed by atoms with Crippen LogP contribution in [0.25, 0.3) is 16.6 Å². The minimum Gasteiger partial charge on any atom is -0.469 e. The second kappa shape index (κ2) is 14.3. The van der Waals surface area contributed by atoms with Crippen LogP contribution in [0.4, 0.5) is 16.3 Å². The Morgan fingerprint density at radius 1 is 1.18 bits per heavy atom. The van der Waals surface area contributed by atoms with Crippen LogP contribution in [0.3, 0.4) is 0 Å². The van der Waals surface area contributed by atoms with Gasteiger partial charge in [0, 0.05) is 57.3 Å². The molecule has 1 fully saturated rings. The van der Waals surface area contributed by atoms with Crippen molar-refractivity contribution in [3.05, 3.63) is 46.9 Å². The van der Waals surface area contributed by atoms with E-state index in [1.807, 2.05) is 19.2 Å². The molecule has 5 rings (SSSR count). The Hall–Kier alpha value is -4.21. The van der Waals surface area contributed by atoms with Gasteiger partial charge in [0.2, 0.25) is 0 Å². The molecule has 4 heterocycles. The quantitative estimate of drug-likeness (QED) is 0.109. The lowest BCUT2D eigenvalue weighted by Crippen LogP contribution is -2.31. The topological polar surface area (TPSA) is 154 Å². The van der Waals surface area contributed by atoms with E-state index in [0.29, 0.717) is 42.2 Å². The number of nitrogens with zero attached hydrogens (tertiary/aromatic N) is 6. The summed E-state index contributed by atoms with van der Waals surface area (Å²) in [6.07, 6.45) is 4.87. The Kier molecular flexibility index (Phi) is 10.6. The van der Waals surface area contributed by atoms with E-state index in [4.69, 9.17) is 30.9 Å². The van der Waals surface area contributed by atoms with E-state index in [9.17, 15) is 14.4 Å². The van der Waals surface area contributed by atoms with Gasteiger partial charge in [-0.3, -0.25) is 14.9 Å². The molecule has 2 unspecified atom stereocenters. The summed E-state index contributed by atoms with van der Waals surface area (Å²) in [5, 5.41) is 16.1. The number of aromatic nitrogens is 5. The van der Waals surface area contributed by atoms with E-state index < -0.39 is 31.7 Å². The van der Waals surface area contributed by atoms with E-state index in [-0.39, 0.29) is 35.6 Å². The van der Waals surface area contributed by atoms with Gasteiger partial charge in [0.15, 0.2) is 11.5 Å². The predicted molar refractivity (Wildman–Crippen MR) is 190 cm³/mol. The fraction of sp³-hybridized carbons (Fsp3) is 0.515. The zero-order valence-electron chi connectivity index (χ0n) is 29.3. The molecule has 4 aromatic rings. The maximum atomic E-state index is 14.0. The van der Waals surface area contributed by atoms with Crippen molar-refractivity contribution < 1.29 is 28.6 Å². The van der Waals surface area contributed by atoms with Crippen molar-refractivity contribution in [1.82, 2.24) is 29.7 Å². The van der Waals surface area contributed by atoms with Crippen molar-refractivity contribution in [3.8, 4) is 0 Å². The highest BCUT2D eigenvalue weighted by Gasteiger charge is 2.34. The first-order chi connectivity index (χ1) is 23.0. The van der Waals surface area contributed by atoms with Crippen molar-refractivity contribution in [2.24, 2.45) is 5.92 Å². The van der Waals surface area contributed by atoms with E-state index in [1.165, 1.54) is 17.8 Å². The number of fused-ring (bicyclic) bond motifs is 2. The van der Waals surface area contributed by atoms with Gasteiger partial charge in [-0.2, -0.15) is 5.10 Å². The molecule has 1 aromatic carbocycles. The fourth-order valence-electron chi connectivity index (χ4n) is 5.71. The lowest BCUT2D eigenvalue weighted by atomic mass is 10.0. The standard InChI is InChI=1S/C33H45ClN8O6Si/c1-20(36-30(43)25-28(37-32(45)48-33(2,3)4)39-42-12-9-11-35-29(25)42)22-16-24(34)23-18-41(19-47-14-15-49(6,7)8)38-26(23)27(22)40-13-10-21(17-40)31(44)46-5/h9,11-12,16,18,20-21H,10,13-15,17,19H2,1-8H3,(H,36,43)(H,37,39,45). The van der Waals surface area contributed by atoms with E-state index >= 15 is 0 Å². The molecule has 1 saturated heterocycles. The average Bonchev–Trinajstić information content (AvgIpc) is 3.74. The van der Waals surface area contributed by atoms with Crippen LogP contribution in [-0.2, 0) is 25.7 Å². The third kappa shape index (κ3) is 8.51. The summed E-state index contributed by atoms with van der Waals surface area (Å²) < 4.78 is 19.6. The molecule has 0 spiro atoms. The van der Waals surface area contributed by atoms with Crippen molar-refractivity contribution in [2.45, 2.75) is 78.2 Å². The number of carbonyl (C=O) groups is 3. The van der Waals surface area contributed by atoms with Gasteiger partial charge < -0.3 is 24.4 Å². The number of hydrogen-bond acceptors (Lipinski definition) is 10. The summed E-state index contributed by atoms with van der Waals surface area (Å²) in [4.78, 5) is 45.7. The number of methoxy groups -OCH3 is 1. The maximum Gasteiger partial charge on any atom is 0.413 e. The summed E-state index contributed by atoms with van der Waals surface area (Å²) in [5.41, 5.74) is 1.64. The number of esters is 1. The Morgan fingerprint density at radius 2 is 1.94 bits per heavy atom. The molecule has 2 N–H and O–H groups in total. The van der Waals surface area contributed by atoms with Gasteiger partial charge in [0.1, 0.15) is 23.4 Å². The fourth-order valence-corrected chi connectivity index (χ4v) is 6.72. The zero-order chi connectivity index (χ0) is 35.7. The number of nitrogens with one attached hydrogen (secondary N) is 2. The minimum atomic E-state index is -1.26. The highest BCUT2D eigenvalue weighted by Crippen LogP contribution is 2.40. The predicted octanol–water partition coefficient (Wildman–Crippen LogP) is 5.88. The van der Waals surface area contributed by atoms with Crippen LogP contribution in [-0.4, -0.2) is 82.8 Å². The van der Waals surface area contributed by atoms with E-state index in [1.54, 1.807) is 37.7 Å². The number of ether oxygens (including phenoxy) is 3. The van der Waals surface area contributed by atoms with Crippen molar-refractivity contribution in [2.75, 3.05) is 37.0 Å². The molecule has 264 valence electrons. The lowest BCUT2D eigenvalue weighted by Gasteiger charge is -2.26. The number of anilines is 2. The molecule has 49 heavy (non-hydrogen) atoms. The molecule has 1 aliphatic rings. The van der Waals surface area contributed by atoms with Crippen molar-refractivity contribution in [1.29, 1.82) is 0 Å². The second-order valence-corrected chi connectivity index (χ2v) is 20.5. The Labute approximate surface area is 291 Å². The highest BCUT2D eigenvalue weighted by atomic mass is 35.5. The van der Waals surface area contributed by atoms with Crippen LogP contribution in [0.5, 0.6) is 0 Å². The number of rotatable bonds is 11. The van der Waals surface area contributed by atoms with Gasteiger partial charge in [-0.15, -0.1) is 5.10 Å². The van der Waals surface area contributed by atoms with Gasteiger partial charge in [-0.1, -0.05) is 31.2 Å². The molecule has 0 saturated carbocycles. The van der Waals surface area contributed by atoms with E-state index in [2.05, 4.69) is 45.3 Å². The summed E-state index contributed by atoms with van der Waals surface area (Å²) in [6, 6.07) is 3.91. The Morgan fingerprint density at radius 3 is 2.63 bits per heavy atom. The molecular weight excluding hydrogens is 668 g/mol. The zero-order valence-corrected chi connectivity index (χ0v) is 31.1. The largest absolute Gasteiger partial charge is 0.469 e. The second-order valence-electron chi connectivity index (χ2n) is 14.5. The van der Waals surface area contributed by atoms with Crippen molar-refractivity contribution in [3.63, 3.8) is 0 Å². The van der Waals surface area contributed by atoms with Crippen molar-refractivity contribution >= 4 is 65.7 Å². The van der Waals surface area contributed by atoms with E-state index in [0.717, 1.165) is 17.1 Å². The van der Waals surface area contributed by atoms with Gasteiger partial charge in [0.25, 0.3) is 5.91 Å². The normalized spacial score (nSPS) is 15.9. The molecule has 2 amide bonds. The van der Waals surface area contributed by atoms with Crippen LogP contribution in [0, 0.1) is 5.92 Å². The lowest BCUT2D eigenvalue weighted by molar-refractivity contribution is -0.144. The SMILES string of the molecule is COC(=O)C1CCN(c2c(C(C)NC(=O)c3c(NC(=O)OC(C)(C)C)nn4cccnc34)cc(Cl)c3cn(COCC[Si](C)(C)C)nc23)C1. The smallest absolute Gasteiger partial charge is 0.413 e. The van der Waals surface area contributed by atoms with Crippen LogP contribution in [0.1, 0.15) is 56.1 Å². The van der Waals surface area contributed by atoms with Crippen LogP contribution in [0.2, 0.25) is 30.7 Å². The molecule has 0 bridgehead atoms. The first kappa shape index (κ1) is 36.1. The Bertz CT molecular complexity index is 1860. The molecule has 1 aliphatic heterocycles. The molecule has 0 radical (unpaired) electrons. The molecule has 2 atom stereocenters. The van der Waals surface area contributed by atoms with Crippen LogP contribution >= 0.6 is 11.6 Å². The van der Waals surface area contributed by atoms with Crippen LogP contribution < -0.4 is 15.5 Å². The monoisotopic (exact) mass is 712 g/mol. The molecule has 16 heteroatoms. The van der Waals surface area contributed by atoms with Gasteiger partial charge >= 0.3 is 12.1 Å². The first-order valence-electron chi connectivity index (χ1n) is 16.3. The summed E-state index contributed by atoms with van der Waals surface area (Å²) in [5.74, 6) is -1.11. The summed E-state index contributed by atoms with van der Waals surface area (Å²) in [7, 11) is 0.125. The molecule has 0 aliphatic carbocycles. The minimum absolute atomic E-state index is 0.000286. The summed E-state index contributed by atoms with van der Waals surface area (Å²) >= 11 is 6.89. The van der Waals surface area contributed by atoms with Gasteiger partial charge in [-0.05, 0) is 52.3 Å². The number of amides is 2. The molecular formula is C33H45ClN8O6Si. The average molecular weight is 713 g/mol. The molecule has 14 nitrogen and oxygen atoms in total. The molecule has 3 aromatic heterocycles. The van der Waals surface area contributed by atoms with Gasteiger partial charge in [-0.25, -0.2) is 19.0 Å². The Balaban J connectivity index is 1.49. The first-order valence-corrected chi connectivity index (χ1v) is 20.4. The third-order valence-corrected chi connectivity index (χ3v) is 10.1. The third-order valence-electron chi connectivity index (χ3n) is 8.11. The number of carbonyl (C=O) groups excluding carboxylic acids is 3. The number of hydrogen-bond donors (Lipinski definition) is 2. The number of benzene rings is 1. The maximum absolute atomic E-state index is 14.0. The highest BCUT2D eigenvalue weighted by molar-refractivity contribution is 6.76. The van der Waals surface area contributed by atoms with Crippen LogP contribution in [0.15, 0.2) is 30.7 Å². The summed E-state index contributed by atoms with van der Waals surface area (Å²) in [6.45, 7) is 15.8.